The first-order valence-electron chi connectivity index (χ1n) is 6.54. The van der Waals surface area contributed by atoms with E-state index in [0.717, 1.165) is 44.7 Å². The van der Waals surface area contributed by atoms with E-state index >= 15 is 0 Å². The molecule has 0 bridgehead atoms. The monoisotopic (exact) mass is 283 g/mol. The van der Waals surface area contributed by atoms with Crippen molar-refractivity contribution in [3.63, 3.8) is 0 Å². The lowest BCUT2D eigenvalue weighted by molar-refractivity contribution is -0.137. The van der Waals surface area contributed by atoms with Crippen LogP contribution in [0.15, 0.2) is 24.3 Å². The number of halogens is 3. The molecule has 0 aromatic heterocycles. The van der Waals surface area contributed by atoms with Gasteiger partial charge in [-0.3, -0.25) is 4.90 Å². The minimum atomic E-state index is -4.34. The maximum atomic E-state index is 12.5. The summed E-state index contributed by atoms with van der Waals surface area (Å²) < 4.78 is 37.6. The molecule has 1 N–H and O–H groups in total. The van der Waals surface area contributed by atoms with E-state index in [9.17, 15) is 18.4 Å². The Hall–Kier alpha value is -1.58. The highest BCUT2D eigenvalue weighted by molar-refractivity contribution is 5.29. The maximum absolute atomic E-state index is 12.5. The topological polar surface area (TPSA) is 39.1 Å². The summed E-state index contributed by atoms with van der Waals surface area (Å²) in [6, 6.07) is 6.57. The highest BCUT2D eigenvalue weighted by Gasteiger charge is 2.30. The fourth-order valence-corrected chi connectivity index (χ4v) is 2.35. The Kier molecular flexibility index (Phi) is 4.63. The zero-order valence-corrected chi connectivity index (χ0v) is 11.0. The van der Waals surface area contributed by atoms with E-state index in [0.29, 0.717) is 5.56 Å². The lowest BCUT2D eigenvalue weighted by atomic mass is 10.0. The predicted molar refractivity (Wildman–Crippen MR) is 68.9 cm³/mol. The predicted octanol–water partition coefficient (Wildman–Crippen LogP) is 2.57. The lowest BCUT2D eigenvalue weighted by Gasteiger charge is -2.25. The smallest absolute Gasteiger partial charge is 0.315 e. The van der Waals surface area contributed by atoms with Gasteiger partial charge in [-0.05, 0) is 30.7 Å². The summed E-state index contributed by atoms with van der Waals surface area (Å²) in [5.74, 6) is 0. The van der Waals surface area contributed by atoms with Crippen molar-refractivity contribution in [3.05, 3.63) is 35.4 Å². The Morgan fingerprint density at radius 1 is 1.15 bits per heavy atom. The molecule has 3 nitrogen and oxygen atoms in total. The van der Waals surface area contributed by atoms with Crippen molar-refractivity contribution >= 4 is 0 Å². The zero-order chi connectivity index (χ0) is 14.6. The lowest BCUT2D eigenvalue weighted by Crippen LogP contribution is -2.31. The van der Waals surface area contributed by atoms with Gasteiger partial charge in [0.15, 0.2) is 0 Å². The standard InChI is InChI=1S/C14H16F3N3/c15-14(16,17)12-4-2-11(3-5-12)13(10-18)20-8-1-6-19-7-9-20/h2-5,13,19H,1,6-9H2. The van der Waals surface area contributed by atoms with E-state index in [2.05, 4.69) is 11.4 Å². The summed E-state index contributed by atoms with van der Waals surface area (Å²) in [5, 5.41) is 12.6. The molecular weight excluding hydrogens is 267 g/mol. The SMILES string of the molecule is N#CC(c1ccc(C(F)(F)F)cc1)N1CCCNCC1. The van der Waals surface area contributed by atoms with Crippen LogP contribution < -0.4 is 5.32 Å². The van der Waals surface area contributed by atoms with Crippen LogP contribution in [0, 0.1) is 11.3 Å². The Bertz CT molecular complexity index is 468. The molecule has 1 aliphatic heterocycles. The Morgan fingerprint density at radius 3 is 2.45 bits per heavy atom. The Labute approximate surface area is 116 Å². The number of alkyl halides is 3. The van der Waals surface area contributed by atoms with Crippen molar-refractivity contribution in [1.29, 1.82) is 5.26 Å². The fraction of sp³-hybridized carbons (Fsp3) is 0.500. The average Bonchev–Trinajstić information content (AvgIpc) is 2.68. The molecule has 0 radical (unpaired) electrons. The molecule has 20 heavy (non-hydrogen) atoms. The molecule has 0 spiro atoms. The summed E-state index contributed by atoms with van der Waals surface area (Å²) in [5.41, 5.74) is -0.0714. The van der Waals surface area contributed by atoms with Crippen LogP contribution in [0.1, 0.15) is 23.6 Å². The van der Waals surface area contributed by atoms with Crippen molar-refractivity contribution in [1.82, 2.24) is 10.2 Å². The second-order valence-electron chi connectivity index (χ2n) is 4.79. The van der Waals surface area contributed by atoms with Gasteiger partial charge in [-0.1, -0.05) is 12.1 Å². The molecule has 1 aliphatic rings. The van der Waals surface area contributed by atoms with Gasteiger partial charge in [0.1, 0.15) is 6.04 Å². The van der Waals surface area contributed by atoms with Gasteiger partial charge < -0.3 is 5.32 Å². The maximum Gasteiger partial charge on any atom is 0.416 e. The van der Waals surface area contributed by atoms with Crippen LogP contribution in [0.4, 0.5) is 13.2 Å². The summed E-state index contributed by atoms with van der Waals surface area (Å²) in [6.45, 7) is 3.19. The highest BCUT2D eigenvalue weighted by Crippen LogP contribution is 2.30. The molecule has 6 heteroatoms. The first-order valence-corrected chi connectivity index (χ1v) is 6.54. The minimum absolute atomic E-state index is 0.489. The number of nitriles is 1. The van der Waals surface area contributed by atoms with E-state index in [1.807, 2.05) is 4.90 Å². The largest absolute Gasteiger partial charge is 0.416 e. The van der Waals surface area contributed by atoms with Crippen LogP contribution >= 0.6 is 0 Å². The van der Waals surface area contributed by atoms with Gasteiger partial charge in [0.25, 0.3) is 0 Å². The Morgan fingerprint density at radius 2 is 1.85 bits per heavy atom. The third-order valence-electron chi connectivity index (χ3n) is 3.42. The zero-order valence-electron chi connectivity index (χ0n) is 11.0. The van der Waals surface area contributed by atoms with Gasteiger partial charge >= 0.3 is 6.18 Å². The first kappa shape index (κ1) is 14.8. The number of benzene rings is 1. The van der Waals surface area contributed by atoms with Gasteiger partial charge in [0.05, 0.1) is 11.6 Å². The van der Waals surface area contributed by atoms with E-state index in [1.54, 1.807) is 0 Å². The second-order valence-corrected chi connectivity index (χ2v) is 4.79. The van der Waals surface area contributed by atoms with Crippen LogP contribution in [0.25, 0.3) is 0 Å². The quantitative estimate of drug-likeness (QED) is 0.906. The summed E-state index contributed by atoms with van der Waals surface area (Å²) in [6.07, 6.45) is -3.41. The number of nitrogens with zero attached hydrogens (tertiary/aromatic N) is 2. The molecule has 1 saturated heterocycles. The van der Waals surface area contributed by atoms with E-state index in [1.165, 1.54) is 12.1 Å². The van der Waals surface area contributed by atoms with Crippen LogP contribution in [-0.4, -0.2) is 31.1 Å². The molecule has 108 valence electrons. The van der Waals surface area contributed by atoms with Gasteiger partial charge in [-0.2, -0.15) is 18.4 Å². The number of hydrogen-bond acceptors (Lipinski definition) is 3. The average molecular weight is 283 g/mol. The van der Waals surface area contributed by atoms with Crippen molar-refractivity contribution in [2.45, 2.75) is 18.6 Å². The normalized spacial score (nSPS) is 19.1. The molecule has 1 atom stereocenters. The molecule has 0 aliphatic carbocycles. The minimum Gasteiger partial charge on any atom is -0.315 e. The van der Waals surface area contributed by atoms with E-state index in [4.69, 9.17) is 0 Å². The van der Waals surface area contributed by atoms with Crippen LogP contribution in [0.3, 0.4) is 0 Å². The summed E-state index contributed by atoms with van der Waals surface area (Å²) in [7, 11) is 0. The second kappa shape index (κ2) is 6.25. The van der Waals surface area contributed by atoms with Crippen molar-refractivity contribution in [3.8, 4) is 6.07 Å². The molecule has 1 heterocycles. The fourth-order valence-electron chi connectivity index (χ4n) is 2.35. The van der Waals surface area contributed by atoms with E-state index < -0.39 is 17.8 Å². The molecule has 0 saturated carbocycles. The summed E-state index contributed by atoms with van der Waals surface area (Å²) >= 11 is 0. The Balaban J connectivity index is 2.17. The highest BCUT2D eigenvalue weighted by atomic mass is 19.4. The third kappa shape index (κ3) is 3.50. The molecule has 1 unspecified atom stereocenters. The molecule has 1 aromatic carbocycles. The molecule has 0 amide bonds. The number of nitrogens with one attached hydrogen (secondary N) is 1. The van der Waals surface area contributed by atoms with Crippen molar-refractivity contribution in [2.75, 3.05) is 26.2 Å². The van der Waals surface area contributed by atoms with Crippen molar-refractivity contribution in [2.24, 2.45) is 0 Å². The van der Waals surface area contributed by atoms with Crippen LogP contribution in [-0.2, 0) is 6.18 Å². The molecule has 2 rings (SSSR count). The molecule has 1 aromatic rings. The number of rotatable bonds is 2. The van der Waals surface area contributed by atoms with Crippen LogP contribution in [0.5, 0.6) is 0 Å². The van der Waals surface area contributed by atoms with Crippen molar-refractivity contribution < 1.29 is 13.2 Å². The van der Waals surface area contributed by atoms with Gasteiger partial charge in [0, 0.05) is 19.6 Å². The number of hydrogen-bond donors (Lipinski definition) is 1. The first-order chi connectivity index (χ1) is 9.52. The summed E-state index contributed by atoms with van der Waals surface area (Å²) in [4.78, 5) is 2.00. The van der Waals surface area contributed by atoms with Gasteiger partial charge in [0.2, 0.25) is 0 Å². The molecular formula is C14H16F3N3. The van der Waals surface area contributed by atoms with Gasteiger partial charge in [-0.15, -0.1) is 0 Å². The van der Waals surface area contributed by atoms with E-state index in [-0.39, 0.29) is 0 Å². The van der Waals surface area contributed by atoms with Gasteiger partial charge in [-0.25, -0.2) is 0 Å². The third-order valence-corrected chi connectivity index (χ3v) is 3.42. The molecule has 1 fully saturated rings. The van der Waals surface area contributed by atoms with Crippen LogP contribution in [0.2, 0.25) is 0 Å².